The Morgan fingerprint density at radius 2 is 1.67 bits per heavy atom. The van der Waals surface area contributed by atoms with Crippen molar-refractivity contribution in [2.24, 2.45) is 17.3 Å². The van der Waals surface area contributed by atoms with Gasteiger partial charge < -0.3 is 23.4 Å². The number of imidazole rings is 1. The highest BCUT2D eigenvalue weighted by atomic mass is 28.4. The lowest BCUT2D eigenvalue weighted by molar-refractivity contribution is -0.407. The van der Waals surface area contributed by atoms with Crippen molar-refractivity contribution in [1.29, 1.82) is 0 Å². The third kappa shape index (κ3) is 6.31. The molecule has 1 amide bonds. The highest BCUT2D eigenvalue weighted by Gasteiger charge is 2.93. The van der Waals surface area contributed by atoms with Crippen LogP contribution in [0.25, 0.3) is 11.2 Å². The molecular weight excluding hydrogens is 707 g/mol. The van der Waals surface area contributed by atoms with E-state index in [1.165, 1.54) is 13.3 Å². The van der Waals surface area contributed by atoms with Crippen LogP contribution in [0.15, 0.2) is 71.8 Å². The average molecular weight is 758 g/mol. The van der Waals surface area contributed by atoms with E-state index in [0.29, 0.717) is 6.61 Å². The van der Waals surface area contributed by atoms with Crippen LogP contribution in [0.1, 0.15) is 71.7 Å². The Balaban J connectivity index is 1.38. The van der Waals surface area contributed by atoms with Crippen molar-refractivity contribution in [2.45, 2.75) is 109 Å². The van der Waals surface area contributed by atoms with Gasteiger partial charge >= 0.3 is 5.97 Å². The van der Waals surface area contributed by atoms with Crippen LogP contribution >= 0.6 is 0 Å². The van der Waals surface area contributed by atoms with Gasteiger partial charge in [-0.15, -0.1) is 0 Å². The normalized spacial score (nSPS) is 25.8. The van der Waals surface area contributed by atoms with Gasteiger partial charge in [0.2, 0.25) is 11.9 Å². The summed E-state index contributed by atoms with van der Waals surface area (Å²) in [7, 11) is -2.59. The number of fused-ring (bicyclic) bond motifs is 3. The monoisotopic (exact) mass is 757 g/mol. The number of rotatable bonds is 13. The first-order valence-corrected chi connectivity index (χ1v) is 21.6. The smallest absolute Gasteiger partial charge is 0.303 e. The van der Waals surface area contributed by atoms with Crippen LogP contribution in [-0.2, 0) is 46.2 Å². The Morgan fingerprint density at radius 1 is 1.04 bits per heavy atom. The second kappa shape index (κ2) is 13.8. The van der Waals surface area contributed by atoms with Gasteiger partial charge in [0.05, 0.1) is 37.5 Å². The number of hydrogen-bond donors (Lipinski definition) is 2. The first kappa shape index (κ1) is 38.1. The molecule has 2 N–H and O–H groups in total. The summed E-state index contributed by atoms with van der Waals surface area (Å²) in [5.74, 6) is -3.10. The second-order valence-corrected chi connectivity index (χ2v) is 21.4. The molecule has 288 valence electrons. The summed E-state index contributed by atoms with van der Waals surface area (Å²) in [5.41, 5.74) is -0.0405. The maximum Gasteiger partial charge on any atom is 0.303 e. The molecule has 3 heterocycles. The number of carbonyl (C=O) groups is 2. The summed E-state index contributed by atoms with van der Waals surface area (Å²) in [6.45, 7) is 16.6. The van der Waals surface area contributed by atoms with Crippen LogP contribution in [0.2, 0.25) is 18.1 Å². The summed E-state index contributed by atoms with van der Waals surface area (Å²) in [4.78, 5) is 50.7. The zero-order valence-corrected chi connectivity index (χ0v) is 33.3. The maximum atomic E-state index is 13.3. The van der Waals surface area contributed by atoms with E-state index < -0.39 is 54.9 Å². The molecule has 54 heavy (non-hydrogen) atoms. The van der Waals surface area contributed by atoms with Crippen molar-refractivity contribution in [3.8, 4) is 0 Å². The maximum absolute atomic E-state index is 13.3. The molecule has 2 saturated carbocycles. The molecule has 0 bridgehead atoms. The van der Waals surface area contributed by atoms with Crippen LogP contribution in [0.5, 0.6) is 0 Å². The lowest BCUT2D eigenvalue weighted by atomic mass is 9.52. The predicted octanol–water partition coefficient (Wildman–Crippen LogP) is 6.48. The minimum atomic E-state index is -2.59. The fourth-order valence-corrected chi connectivity index (χ4v) is 9.41. The minimum Gasteiger partial charge on any atom is -0.457 e. The third-order valence-corrected chi connectivity index (χ3v) is 16.2. The number of nitrogens with zero attached hydrogens (tertiary/aromatic N) is 3. The zero-order valence-electron chi connectivity index (χ0n) is 32.3. The number of ether oxygens (including phenoxy) is 4. The Bertz CT molecular complexity index is 2080. The molecule has 2 aliphatic carbocycles. The largest absolute Gasteiger partial charge is 0.457 e. The lowest BCUT2D eigenvalue weighted by Gasteiger charge is -2.67. The molecule has 2 aromatic carbocycles. The third-order valence-electron chi connectivity index (χ3n) is 11.8. The molecule has 3 unspecified atom stereocenters. The molecule has 5 atom stereocenters. The Hall–Kier alpha value is -4.21. The van der Waals surface area contributed by atoms with Gasteiger partial charge in [-0.25, -0.2) is 4.98 Å². The summed E-state index contributed by atoms with van der Waals surface area (Å²) < 4.78 is 36.5. The molecule has 1 aliphatic heterocycles. The van der Waals surface area contributed by atoms with Crippen molar-refractivity contribution < 1.29 is 33.0 Å². The number of carbonyl (C=O) groups excluding carboxylic acids is 2. The highest BCUT2D eigenvalue weighted by molar-refractivity contribution is 6.74. The van der Waals surface area contributed by atoms with Crippen molar-refractivity contribution >= 4 is 37.3 Å². The van der Waals surface area contributed by atoms with Gasteiger partial charge in [0.1, 0.15) is 5.60 Å². The van der Waals surface area contributed by atoms with Crippen LogP contribution in [0.4, 0.5) is 5.95 Å². The number of aromatic nitrogens is 4. The van der Waals surface area contributed by atoms with Crippen molar-refractivity contribution in [1.82, 2.24) is 19.5 Å². The van der Waals surface area contributed by atoms with Crippen LogP contribution in [0.3, 0.4) is 0 Å². The molecule has 1 saturated heterocycles. The Kier molecular flexibility index (Phi) is 9.74. The zero-order chi connectivity index (χ0) is 38.7. The summed E-state index contributed by atoms with van der Waals surface area (Å²) in [6.07, 6.45) is 0.952. The van der Waals surface area contributed by atoms with Crippen molar-refractivity contribution in [3.05, 3.63) is 88.5 Å². The van der Waals surface area contributed by atoms with Crippen LogP contribution in [-0.4, -0.2) is 63.8 Å². The SMILES string of the molecule is CC(=O)OC1C2C(OCc3ccccc3)(O[Si](C)(C)C(C)(C)C)C3(CC3)[C@]2(COCc2ccccc2)O[C@H]1n1cnc2c(=O)[nH]c(NC(=O)C(C)C)nc21. The molecule has 2 aromatic heterocycles. The van der Waals surface area contributed by atoms with E-state index in [9.17, 15) is 14.4 Å². The number of nitrogens with one attached hydrogen (secondary N) is 2. The molecule has 3 aliphatic rings. The molecule has 7 rings (SSSR count). The first-order valence-electron chi connectivity index (χ1n) is 18.7. The second-order valence-electron chi connectivity index (χ2n) is 16.7. The summed E-state index contributed by atoms with van der Waals surface area (Å²) >= 11 is 0. The fraction of sp³-hybridized carbons (Fsp3) is 0.525. The van der Waals surface area contributed by atoms with E-state index in [2.05, 4.69) is 54.1 Å². The molecule has 1 spiro atoms. The van der Waals surface area contributed by atoms with Gasteiger partial charge in [0.15, 0.2) is 37.6 Å². The number of H-pyrrole nitrogens is 1. The first-order chi connectivity index (χ1) is 25.5. The molecule has 13 nitrogen and oxygen atoms in total. The number of hydrogen-bond acceptors (Lipinski definition) is 10. The molecule has 3 fully saturated rings. The molecule has 0 radical (unpaired) electrons. The van der Waals surface area contributed by atoms with Crippen LogP contribution in [0, 0.1) is 17.3 Å². The fourth-order valence-electron chi connectivity index (χ4n) is 7.97. The van der Waals surface area contributed by atoms with Gasteiger partial charge in [0, 0.05) is 12.8 Å². The molecule has 4 aromatic rings. The number of esters is 1. The van der Waals surface area contributed by atoms with Crippen molar-refractivity contribution in [3.63, 3.8) is 0 Å². The minimum absolute atomic E-state index is 0.0284. The highest BCUT2D eigenvalue weighted by Crippen LogP contribution is 2.82. The Morgan fingerprint density at radius 3 is 2.24 bits per heavy atom. The van der Waals surface area contributed by atoms with E-state index in [0.717, 1.165) is 24.0 Å². The predicted molar refractivity (Wildman–Crippen MR) is 204 cm³/mol. The van der Waals surface area contributed by atoms with E-state index in [4.69, 9.17) is 23.4 Å². The van der Waals surface area contributed by atoms with Gasteiger partial charge in [-0.1, -0.05) is 95.3 Å². The Labute approximate surface area is 316 Å². The lowest BCUT2D eigenvalue weighted by Crippen LogP contribution is -2.81. The number of amides is 1. The van der Waals surface area contributed by atoms with Gasteiger partial charge in [-0.2, -0.15) is 4.98 Å². The van der Waals surface area contributed by atoms with Gasteiger partial charge in [0.25, 0.3) is 5.56 Å². The molecular formula is C40H51N5O8Si. The van der Waals surface area contributed by atoms with Crippen LogP contribution < -0.4 is 10.9 Å². The number of benzene rings is 2. The van der Waals surface area contributed by atoms with Gasteiger partial charge in [-0.3, -0.25) is 29.3 Å². The van der Waals surface area contributed by atoms with E-state index >= 15 is 0 Å². The van der Waals surface area contributed by atoms with E-state index in [1.54, 1.807) is 18.4 Å². The van der Waals surface area contributed by atoms with E-state index in [1.807, 2.05) is 60.7 Å². The molecule has 14 heteroatoms. The van der Waals surface area contributed by atoms with Gasteiger partial charge in [-0.05, 0) is 42.1 Å². The topological polar surface area (TPSA) is 156 Å². The standard InChI is InChI=1S/C40H51N5O8Si/c1-25(2)33(47)43-36-42-32-29(34(48)44-36)41-24-45(32)35-30(51-26(3)46)31-39(52-35,23-49-21-27-15-11-9-12-16-27)38(19-20-38)40(31,53-54(7,8)37(4,5)6)50-22-28-17-13-10-14-18-28/h9-18,24-25,30-31,35H,19-23H2,1-8H3,(H2,42,43,44,47,48)/t30?,31?,35-,39-,40?/m1/s1. The summed E-state index contributed by atoms with van der Waals surface area (Å²) in [6, 6.07) is 19.9. The summed E-state index contributed by atoms with van der Waals surface area (Å²) in [5, 5.41) is 2.50. The average Bonchev–Trinajstić information content (AvgIpc) is 3.78. The quantitative estimate of drug-likeness (QED) is 0.0880. The number of anilines is 1. The number of aromatic amines is 1. The van der Waals surface area contributed by atoms with Crippen molar-refractivity contribution in [2.75, 3.05) is 11.9 Å². The van der Waals surface area contributed by atoms with E-state index in [-0.39, 0.29) is 47.2 Å².